The monoisotopic (exact) mass is 250 g/mol. The molecule has 0 aliphatic rings. The van der Waals surface area contributed by atoms with Crippen molar-refractivity contribution in [2.45, 2.75) is 20.1 Å². The number of methoxy groups -OCH3 is 1. The second-order valence-corrected chi connectivity index (χ2v) is 3.75. The van der Waals surface area contributed by atoms with E-state index in [-0.39, 0.29) is 18.2 Å². The molecule has 96 valence electrons. The lowest BCUT2D eigenvalue weighted by Gasteiger charge is -2.07. The summed E-state index contributed by atoms with van der Waals surface area (Å²) in [7, 11) is 1.44. The van der Waals surface area contributed by atoms with Gasteiger partial charge in [0.1, 0.15) is 6.61 Å². The predicted molar refractivity (Wildman–Crippen MR) is 65.2 cm³/mol. The van der Waals surface area contributed by atoms with E-state index >= 15 is 0 Å². The number of halogens is 1. The first-order valence-electron chi connectivity index (χ1n) is 5.71. The van der Waals surface area contributed by atoms with Crippen molar-refractivity contribution in [3.8, 4) is 11.5 Å². The maximum atomic E-state index is 13.8. The maximum absolute atomic E-state index is 13.8. The van der Waals surface area contributed by atoms with E-state index in [4.69, 9.17) is 9.47 Å². The first-order chi connectivity index (χ1) is 8.74. The molecule has 2 aromatic rings. The molecule has 0 bridgehead atoms. The van der Waals surface area contributed by atoms with Crippen LogP contribution in [0.25, 0.3) is 0 Å². The number of rotatable bonds is 5. The Labute approximate surface area is 105 Å². The Morgan fingerprint density at radius 2 is 2.22 bits per heavy atom. The second-order valence-electron chi connectivity index (χ2n) is 3.75. The van der Waals surface area contributed by atoms with Crippen molar-refractivity contribution in [2.75, 3.05) is 7.11 Å². The average Bonchev–Trinajstić information content (AvgIpc) is 2.85. The van der Waals surface area contributed by atoms with Crippen LogP contribution in [0.5, 0.6) is 11.5 Å². The van der Waals surface area contributed by atoms with Crippen LogP contribution in [0.15, 0.2) is 30.6 Å². The summed E-state index contributed by atoms with van der Waals surface area (Å²) >= 11 is 0. The molecular weight excluding hydrogens is 235 g/mol. The number of nitrogens with zero attached hydrogens (tertiary/aromatic N) is 2. The summed E-state index contributed by atoms with van der Waals surface area (Å²) in [5.41, 5.74) is 0.457. The molecule has 0 N–H and O–H groups in total. The highest BCUT2D eigenvalue weighted by molar-refractivity contribution is 5.31. The molecule has 5 heteroatoms. The zero-order valence-corrected chi connectivity index (χ0v) is 10.4. The average molecular weight is 250 g/mol. The van der Waals surface area contributed by atoms with Crippen LogP contribution in [0.3, 0.4) is 0 Å². The van der Waals surface area contributed by atoms with Crippen LogP contribution in [0.2, 0.25) is 0 Å². The molecule has 0 atom stereocenters. The molecule has 2 rings (SSSR count). The summed E-state index contributed by atoms with van der Waals surface area (Å²) < 4.78 is 26.0. The van der Waals surface area contributed by atoms with Gasteiger partial charge in [0.2, 0.25) is 0 Å². The van der Waals surface area contributed by atoms with Crippen molar-refractivity contribution in [2.24, 2.45) is 0 Å². The van der Waals surface area contributed by atoms with Gasteiger partial charge in [0.25, 0.3) is 0 Å². The lowest BCUT2D eigenvalue weighted by molar-refractivity contribution is 0.295. The van der Waals surface area contributed by atoms with E-state index in [1.54, 1.807) is 35.3 Å². The molecule has 1 heterocycles. The quantitative estimate of drug-likeness (QED) is 0.818. The summed E-state index contributed by atoms with van der Waals surface area (Å²) in [4.78, 5) is 0. The van der Waals surface area contributed by atoms with Gasteiger partial charge in [0.15, 0.2) is 17.3 Å². The molecule has 0 spiro atoms. The van der Waals surface area contributed by atoms with Crippen LogP contribution >= 0.6 is 0 Å². The first kappa shape index (κ1) is 12.4. The zero-order valence-electron chi connectivity index (χ0n) is 10.4. The van der Waals surface area contributed by atoms with Gasteiger partial charge in [-0.1, -0.05) is 12.1 Å². The zero-order chi connectivity index (χ0) is 13.0. The van der Waals surface area contributed by atoms with Crippen molar-refractivity contribution in [3.63, 3.8) is 0 Å². The van der Waals surface area contributed by atoms with Crippen LogP contribution < -0.4 is 9.47 Å². The van der Waals surface area contributed by atoms with Crippen molar-refractivity contribution >= 4 is 0 Å². The number of aromatic nitrogens is 2. The summed E-state index contributed by atoms with van der Waals surface area (Å²) in [6, 6.07) is 4.98. The minimum Gasteiger partial charge on any atom is -0.494 e. The summed E-state index contributed by atoms with van der Waals surface area (Å²) in [5, 5.41) is 4.08. The van der Waals surface area contributed by atoms with E-state index in [0.29, 0.717) is 11.3 Å². The lowest BCUT2D eigenvalue weighted by atomic mass is 10.2. The van der Waals surface area contributed by atoms with E-state index in [1.165, 1.54) is 7.11 Å². The summed E-state index contributed by atoms with van der Waals surface area (Å²) in [5.74, 6) is 0.460. The van der Waals surface area contributed by atoms with Crippen molar-refractivity contribution < 1.29 is 13.9 Å². The van der Waals surface area contributed by atoms with E-state index in [1.807, 2.05) is 6.92 Å². The lowest BCUT2D eigenvalue weighted by Crippen LogP contribution is -2.00. The Morgan fingerprint density at radius 3 is 2.89 bits per heavy atom. The van der Waals surface area contributed by atoms with Crippen molar-refractivity contribution in [3.05, 3.63) is 42.0 Å². The van der Waals surface area contributed by atoms with Crippen LogP contribution in [0.4, 0.5) is 4.39 Å². The molecule has 18 heavy (non-hydrogen) atoms. The van der Waals surface area contributed by atoms with Gasteiger partial charge in [-0.3, -0.25) is 4.68 Å². The minimum absolute atomic E-state index is 0.151. The smallest absolute Gasteiger partial charge is 0.171 e. The van der Waals surface area contributed by atoms with Gasteiger partial charge in [-0.15, -0.1) is 0 Å². The molecule has 0 amide bonds. The van der Waals surface area contributed by atoms with Gasteiger partial charge in [-0.05, 0) is 13.0 Å². The molecular formula is C13H15FN2O2. The van der Waals surface area contributed by atoms with E-state index in [9.17, 15) is 4.39 Å². The molecule has 0 aliphatic carbocycles. The Kier molecular flexibility index (Phi) is 3.82. The number of hydrogen-bond acceptors (Lipinski definition) is 3. The van der Waals surface area contributed by atoms with Crippen LogP contribution in [-0.2, 0) is 13.2 Å². The molecule has 1 aromatic heterocycles. The fraction of sp³-hybridized carbons (Fsp3) is 0.308. The van der Waals surface area contributed by atoms with E-state index in [0.717, 1.165) is 6.54 Å². The van der Waals surface area contributed by atoms with Crippen molar-refractivity contribution in [1.82, 2.24) is 9.78 Å². The molecule has 0 radical (unpaired) electrons. The first-order valence-corrected chi connectivity index (χ1v) is 5.71. The number of hydrogen-bond donors (Lipinski definition) is 0. The largest absolute Gasteiger partial charge is 0.494 e. The third kappa shape index (κ3) is 2.61. The van der Waals surface area contributed by atoms with E-state index in [2.05, 4.69) is 5.10 Å². The number of aryl methyl sites for hydroxylation is 1. The van der Waals surface area contributed by atoms with Gasteiger partial charge in [0, 0.05) is 12.1 Å². The highest BCUT2D eigenvalue weighted by Gasteiger charge is 2.09. The van der Waals surface area contributed by atoms with Crippen LogP contribution in [-0.4, -0.2) is 16.9 Å². The second kappa shape index (κ2) is 5.53. The van der Waals surface area contributed by atoms with E-state index < -0.39 is 0 Å². The third-order valence-corrected chi connectivity index (χ3v) is 2.59. The molecule has 0 saturated heterocycles. The SMILES string of the molecule is CCn1cc(OCc2cccc(OC)c2F)cn1. The minimum atomic E-state index is -0.386. The fourth-order valence-electron chi connectivity index (χ4n) is 1.58. The third-order valence-electron chi connectivity index (χ3n) is 2.59. The highest BCUT2D eigenvalue weighted by Crippen LogP contribution is 2.21. The topological polar surface area (TPSA) is 36.3 Å². The van der Waals surface area contributed by atoms with Gasteiger partial charge < -0.3 is 9.47 Å². The molecule has 1 aromatic carbocycles. The Balaban J connectivity index is 2.06. The Morgan fingerprint density at radius 1 is 1.39 bits per heavy atom. The Bertz CT molecular complexity index is 525. The molecule has 0 fully saturated rings. The number of benzene rings is 1. The maximum Gasteiger partial charge on any atom is 0.171 e. The molecule has 0 saturated carbocycles. The molecule has 0 aliphatic heterocycles. The van der Waals surface area contributed by atoms with Gasteiger partial charge in [0.05, 0.1) is 19.5 Å². The molecule has 0 unspecified atom stereocenters. The van der Waals surface area contributed by atoms with Gasteiger partial charge in [-0.2, -0.15) is 5.10 Å². The fourth-order valence-corrected chi connectivity index (χ4v) is 1.58. The summed E-state index contributed by atoms with van der Waals surface area (Å²) in [6.45, 7) is 2.91. The Hall–Kier alpha value is -2.04. The summed E-state index contributed by atoms with van der Waals surface area (Å²) in [6.07, 6.45) is 3.39. The van der Waals surface area contributed by atoms with Gasteiger partial charge in [-0.25, -0.2) is 4.39 Å². The number of ether oxygens (including phenoxy) is 2. The normalized spacial score (nSPS) is 10.4. The van der Waals surface area contributed by atoms with Gasteiger partial charge >= 0.3 is 0 Å². The van der Waals surface area contributed by atoms with Crippen LogP contribution in [0, 0.1) is 5.82 Å². The molecule has 4 nitrogen and oxygen atoms in total. The van der Waals surface area contributed by atoms with Crippen molar-refractivity contribution in [1.29, 1.82) is 0 Å². The highest BCUT2D eigenvalue weighted by atomic mass is 19.1. The van der Waals surface area contributed by atoms with Crippen LogP contribution in [0.1, 0.15) is 12.5 Å². The standard InChI is InChI=1S/C13H15FN2O2/c1-3-16-8-11(7-15-16)18-9-10-5-4-6-12(17-2)13(10)14/h4-8H,3,9H2,1-2H3. The predicted octanol–water partition coefficient (Wildman–Crippen LogP) is 2.63.